The van der Waals surface area contributed by atoms with Gasteiger partial charge < -0.3 is 28.2 Å². The van der Waals surface area contributed by atoms with E-state index in [1.54, 1.807) is 25.5 Å². The number of carbonyl (C=O) groups excluding carboxylic acids is 2. The van der Waals surface area contributed by atoms with Crippen molar-refractivity contribution < 1.29 is 33.3 Å². The molecule has 0 fully saturated rings. The van der Waals surface area contributed by atoms with Crippen molar-refractivity contribution in [3.8, 4) is 0 Å². The summed E-state index contributed by atoms with van der Waals surface area (Å²) in [5.74, 6) is -0.943. The van der Waals surface area contributed by atoms with Crippen LogP contribution in [0.4, 0.5) is 0 Å². The molecule has 8 nitrogen and oxygen atoms in total. The van der Waals surface area contributed by atoms with Gasteiger partial charge >= 0.3 is 11.9 Å². The molecule has 130 valence electrons. The van der Waals surface area contributed by atoms with Crippen LogP contribution in [-0.4, -0.2) is 79.4 Å². The molecule has 0 N–H and O–H groups in total. The van der Waals surface area contributed by atoms with Crippen LogP contribution in [0.15, 0.2) is 0 Å². The lowest BCUT2D eigenvalue weighted by Crippen LogP contribution is -2.55. The molecule has 0 aliphatic rings. The number of rotatable bonds is 11. The van der Waals surface area contributed by atoms with E-state index in [1.807, 2.05) is 0 Å². The Balaban J connectivity index is 5.05. The fraction of sp³-hybridized carbons (Fsp3) is 0.846. The summed E-state index contributed by atoms with van der Waals surface area (Å²) in [6.45, 7) is 3.91. The van der Waals surface area contributed by atoms with Crippen LogP contribution in [0.3, 0.4) is 0 Å². The van der Waals surface area contributed by atoms with Gasteiger partial charge in [0.05, 0.1) is 19.6 Å². The minimum Gasteiger partial charge on any atom is -0.466 e. The van der Waals surface area contributed by atoms with E-state index < -0.39 is 33.3 Å². The van der Waals surface area contributed by atoms with Gasteiger partial charge in [0.1, 0.15) is 6.04 Å². The largest absolute Gasteiger partial charge is 0.466 e. The van der Waals surface area contributed by atoms with Gasteiger partial charge in [-0.2, -0.15) is 0 Å². The highest BCUT2D eigenvalue weighted by molar-refractivity contribution is 6.35. The van der Waals surface area contributed by atoms with Crippen molar-refractivity contribution in [2.45, 2.75) is 31.9 Å². The summed E-state index contributed by atoms with van der Waals surface area (Å²) < 4.78 is 27.4. The summed E-state index contributed by atoms with van der Waals surface area (Å²) in [6, 6.07) is -0.759. The first-order chi connectivity index (χ1) is 10.4. The van der Waals surface area contributed by atoms with Crippen LogP contribution < -0.4 is 0 Å². The van der Waals surface area contributed by atoms with Crippen molar-refractivity contribution in [2.24, 2.45) is 0 Å². The average Bonchev–Trinajstić information content (AvgIpc) is 2.50. The first-order valence-corrected chi connectivity index (χ1v) is 8.41. The Morgan fingerprint density at radius 3 is 1.95 bits per heavy atom. The Hall–Kier alpha value is -1.00. The number of methoxy groups -OCH3 is 3. The number of likely N-dealkylation sites (N-methyl/N-ethyl adjacent to an activating group) is 1. The van der Waals surface area contributed by atoms with Crippen molar-refractivity contribution in [3.63, 3.8) is 0 Å². The molecule has 1 atom stereocenters. The zero-order chi connectivity index (χ0) is 17.2. The fourth-order valence-electron chi connectivity index (χ4n) is 1.89. The SMILES string of the molecule is CCOC(=O)CC(C(=O)OCC)N(C)[SiH2]C(OC)(OC)OC. The lowest BCUT2D eigenvalue weighted by Gasteiger charge is -2.34. The van der Waals surface area contributed by atoms with E-state index >= 15 is 0 Å². The molecular weight excluding hydrogens is 310 g/mol. The van der Waals surface area contributed by atoms with Crippen LogP contribution in [-0.2, 0) is 33.3 Å². The Morgan fingerprint density at radius 1 is 1.05 bits per heavy atom. The van der Waals surface area contributed by atoms with Crippen molar-refractivity contribution in [3.05, 3.63) is 0 Å². The Kier molecular flexibility index (Phi) is 10.2. The van der Waals surface area contributed by atoms with Gasteiger partial charge in [0.2, 0.25) is 9.68 Å². The zero-order valence-corrected chi connectivity index (χ0v) is 15.6. The average molecular weight is 337 g/mol. The zero-order valence-electron chi connectivity index (χ0n) is 14.2. The standard InChI is InChI=1S/C13H27NO7Si/c1-7-20-11(15)9-10(12(16)21-8-2)14(3)22-13(17-4,18-5)19-6/h10H,7-9,22H2,1-6H3. The number of esters is 2. The van der Waals surface area contributed by atoms with E-state index in [0.717, 1.165) is 0 Å². The van der Waals surface area contributed by atoms with Crippen LogP contribution in [0.5, 0.6) is 0 Å². The third-order valence-electron chi connectivity index (χ3n) is 3.13. The normalized spacial score (nSPS) is 13.6. The van der Waals surface area contributed by atoms with Crippen LogP contribution >= 0.6 is 0 Å². The Labute approximate surface area is 133 Å². The summed E-state index contributed by atoms with van der Waals surface area (Å²) in [5.41, 5.74) is -1.20. The smallest absolute Gasteiger partial charge is 0.323 e. The highest BCUT2D eigenvalue weighted by Crippen LogP contribution is 2.15. The van der Waals surface area contributed by atoms with E-state index in [-0.39, 0.29) is 19.6 Å². The number of ether oxygens (including phenoxy) is 5. The first-order valence-electron chi connectivity index (χ1n) is 7.07. The lowest BCUT2D eigenvalue weighted by molar-refractivity contribution is -0.297. The molecule has 0 aliphatic carbocycles. The molecule has 0 aliphatic heterocycles. The maximum absolute atomic E-state index is 12.1. The highest BCUT2D eigenvalue weighted by atomic mass is 28.2. The van der Waals surface area contributed by atoms with Gasteiger partial charge in [0.25, 0.3) is 5.60 Å². The molecule has 0 saturated heterocycles. The van der Waals surface area contributed by atoms with Crippen molar-refractivity contribution in [2.75, 3.05) is 41.6 Å². The van der Waals surface area contributed by atoms with Gasteiger partial charge in [-0.25, -0.2) is 0 Å². The highest BCUT2D eigenvalue weighted by Gasteiger charge is 2.37. The number of hydrogen-bond donors (Lipinski definition) is 0. The third-order valence-corrected chi connectivity index (χ3v) is 5.33. The van der Waals surface area contributed by atoms with Crippen LogP contribution in [0.1, 0.15) is 20.3 Å². The molecule has 9 heteroatoms. The summed E-state index contributed by atoms with van der Waals surface area (Å²) >= 11 is 0. The van der Waals surface area contributed by atoms with Gasteiger partial charge in [0, 0.05) is 21.3 Å². The predicted molar refractivity (Wildman–Crippen MR) is 81.7 cm³/mol. The monoisotopic (exact) mass is 337 g/mol. The minimum absolute atomic E-state index is 0.0939. The summed E-state index contributed by atoms with van der Waals surface area (Å²) in [4.78, 5) is 23.8. The molecule has 0 saturated carbocycles. The van der Waals surface area contributed by atoms with E-state index in [1.165, 1.54) is 21.3 Å². The molecular formula is C13H27NO7Si. The third kappa shape index (κ3) is 6.40. The summed E-state index contributed by atoms with van der Waals surface area (Å²) in [5, 5.41) is 0. The van der Waals surface area contributed by atoms with Gasteiger partial charge in [-0.1, -0.05) is 0 Å². The topological polar surface area (TPSA) is 83.5 Å². The first kappa shape index (κ1) is 21.0. The lowest BCUT2D eigenvalue weighted by atomic mass is 10.2. The number of nitrogens with zero attached hydrogens (tertiary/aromatic N) is 1. The predicted octanol–water partition coefficient (Wildman–Crippen LogP) is -0.563. The second-order valence-electron chi connectivity index (χ2n) is 4.49. The van der Waals surface area contributed by atoms with E-state index in [0.29, 0.717) is 0 Å². The van der Waals surface area contributed by atoms with Crippen molar-refractivity contribution >= 4 is 21.6 Å². The molecule has 22 heavy (non-hydrogen) atoms. The Morgan fingerprint density at radius 2 is 1.55 bits per heavy atom. The molecule has 0 spiro atoms. The van der Waals surface area contributed by atoms with Crippen molar-refractivity contribution in [1.82, 2.24) is 4.57 Å². The molecule has 0 aromatic rings. The maximum Gasteiger partial charge on any atom is 0.323 e. The van der Waals surface area contributed by atoms with Crippen molar-refractivity contribution in [1.29, 1.82) is 0 Å². The van der Waals surface area contributed by atoms with Crippen LogP contribution in [0.25, 0.3) is 0 Å². The van der Waals surface area contributed by atoms with Gasteiger partial charge in [-0.3, -0.25) is 9.59 Å². The van der Waals surface area contributed by atoms with Crippen LogP contribution in [0.2, 0.25) is 0 Å². The molecule has 0 rings (SSSR count). The minimum atomic E-state index is -1.36. The maximum atomic E-state index is 12.1. The molecule has 0 radical (unpaired) electrons. The fourth-order valence-corrected chi connectivity index (χ4v) is 3.39. The molecule has 0 bridgehead atoms. The second-order valence-corrected chi connectivity index (χ2v) is 6.67. The molecule has 0 heterocycles. The molecule has 0 aromatic carbocycles. The van der Waals surface area contributed by atoms with E-state index in [9.17, 15) is 9.59 Å². The number of carbonyl (C=O) groups is 2. The molecule has 0 amide bonds. The van der Waals surface area contributed by atoms with Crippen LogP contribution in [0, 0.1) is 0 Å². The van der Waals surface area contributed by atoms with Gasteiger partial charge in [0.15, 0.2) is 0 Å². The quantitative estimate of drug-likeness (QED) is 0.282. The number of hydrogen-bond acceptors (Lipinski definition) is 8. The summed E-state index contributed by atoms with van der Waals surface area (Å²) in [7, 11) is 4.71. The Bertz CT molecular complexity index is 341. The second kappa shape index (κ2) is 10.7. The molecule has 1 unspecified atom stereocenters. The molecule has 0 aromatic heterocycles. The van der Waals surface area contributed by atoms with E-state index in [2.05, 4.69) is 0 Å². The van der Waals surface area contributed by atoms with Gasteiger partial charge in [-0.15, -0.1) is 0 Å². The van der Waals surface area contributed by atoms with E-state index in [4.69, 9.17) is 23.7 Å². The van der Waals surface area contributed by atoms with Gasteiger partial charge in [-0.05, 0) is 20.9 Å². The summed E-state index contributed by atoms with van der Waals surface area (Å²) in [6.07, 6.45) is -0.0939.